The number of benzene rings is 1. The number of hydrogen-bond donors (Lipinski definition) is 1. The van der Waals surface area contributed by atoms with Gasteiger partial charge in [0.2, 0.25) is 0 Å². The molecule has 1 aliphatic carbocycles. The maximum absolute atomic E-state index is 8.87. The Kier molecular flexibility index (Phi) is 6.98. The van der Waals surface area contributed by atoms with Crippen LogP contribution >= 0.6 is 0 Å². The summed E-state index contributed by atoms with van der Waals surface area (Å²) in [7, 11) is 1.75. The molecule has 1 aromatic carbocycles. The van der Waals surface area contributed by atoms with Gasteiger partial charge in [0, 0.05) is 26.1 Å². The molecule has 2 atom stereocenters. The average Bonchev–Trinajstić information content (AvgIpc) is 3.39. The van der Waals surface area contributed by atoms with Crippen molar-refractivity contribution in [3.05, 3.63) is 35.4 Å². The van der Waals surface area contributed by atoms with Crippen LogP contribution < -0.4 is 5.32 Å². The van der Waals surface area contributed by atoms with Crippen molar-refractivity contribution in [3.63, 3.8) is 0 Å². The fourth-order valence-corrected chi connectivity index (χ4v) is 2.75. The highest BCUT2D eigenvalue weighted by atomic mass is 16.5. The molecule has 2 unspecified atom stereocenters. The summed E-state index contributed by atoms with van der Waals surface area (Å²) in [6.07, 6.45) is 5.88. The number of unbranched alkanes of at least 4 members (excludes halogenated alkanes) is 1. The van der Waals surface area contributed by atoms with E-state index < -0.39 is 0 Å². The Hall–Kier alpha value is -1.97. The van der Waals surface area contributed by atoms with Gasteiger partial charge in [-0.3, -0.25) is 0 Å². The summed E-state index contributed by atoms with van der Waals surface area (Å²) in [5.74, 6) is 4.50. The van der Waals surface area contributed by atoms with E-state index in [2.05, 4.69) is 30.3 Å². The number of nitrogens with zero attached hydrogens (tertiary/aromatic N) is 1. The molecule has 0 aromatic heterocycles. The lowest BCUT2D eigenvalue weighted by atomic mass is 9.92. The summed E-state index contributed by atoms with van der Waals surface area (Å²) < 4.78 is 5.67. The Balaban J connectivity index is 1.72. The smallest absolute Gasteiger partial charge is 0.0991 e. The van der Waals surface area contributed by atoms with E-state index in [0.29, 0.717) is 11.5 Å². The van der Waals surface area contributed by atoms with Crippen molar-refractivity contribution in [2.24, 2.45) is 11.8 Å². The summed E-state index contributed by atoms with van der Waals surface area (Å²) in [4.78, 5) is 0. The quantitative estimate of drug-likeness (QED) is 0.448. The van der Waals surface area contributed by atoms with E-state index in [1.807, 2.05) is 24.3 Å². The van der Waals surface area contributed by atoms with E-state index in [1.54, 1.807) is 7.11 Å². The first-order chi connectivity index (χ1) is 11.2. The second-order valence-corrected chi connectivity index (χ2v) is 6.39. The molecule has 1 N–H and O–H groups in total. The van der Waals surface area contributed by atoms with Gasteiger partial charge in [-0.25, -0.2) is 0 Å². The Morgan fingerprint density at radius 1 is 1.30 bits per heavy atom. The van der Waals surface area contributed by atoms with Crippen LogP contribution in [0.15, 0.2) is 24.3 Å². The fourth-order valence-electron chi connectivity index (χ4n) is 2.75. The van der Waals surface area contributed by atoms with Crippen LogP contribution in [-0.4, -0.2) is 13.7 Å². The minimum absolute atomic E-state index is 0.0729. The van der Waals surface area contributed by atoms with Crippen LogP contribution in [0.4, 0.5) is 0 Å². The monoisotopic (exact) mass is 310 g/mol. The molecule has 0 saturated heterocycles. The van der Waals surface area contributed by atoms with Crippen LogP contribution in [0.5, 0.6) is 0 Å². The molecule has 23 heavy (non-hydrogen) atoms. The van der Waals surface area contributed by atoms with Crippen LogP contribution in [0.2, 0.25) is 0 Å². The van der Waals surface area contributed by atoms with E-state index in [0.717, 1.165) is 37.3 Å². The molecule has 1 fully saturated rings. The zero-order valence-corrected chi connectivity index (χ0v) is 14.1. The number of hydrogen-bond acceptors (Lipinski definition) is 3. The van der Waals surface area contributed by atoms with Crippen molar-refractivity contribution < 1.29 is 4.74 Å². The predicted octanol–water partition coefficient (Wildman–Crippen LogP) is 4.01. The largest absolute Gasteiger partial charge is 0.376 e. The summed E-state index contributed by atoms with van der Waals surface area (Å²) in [5.41, 5.74) is 1.82. The summed E-state index contributed by atoms with van der Waals surface area (Å²) >= 11 is 0. The molecule has 122 valence electrons. The number of rotatable bonds is 8. The number of methoxy groups -OCH3 is 1. The molecule has 0 aliphatic heterocycles. The van der Waals surface area contributed by atoms with Gasteiger partial charge in [-0.1, -0.05) is 25.0 Å². The molecule has 3 heteroatoms. The van der Waals surface area contributed by atoms with Gasteiger partial charge in [0.25, 0.3) is 0 Å². The molecule has 0 spiro atoms. The van der Waals surface area contributed by atoms with Crippen molar-refractivity contribution >= 4 is 0 Å². The SMILES string of the molecule is COC(c1ccc(C#N)cc1)C(C)CCCC#CNCC1CC1. The Morgan fingerprint density at radius 2 is 2.04 bits per heavy atom. The number of nitriles is 1. The molecule has 2 rings (SSSR count). The molecule has 0 amide bonds. The molecule has 1 aromatic rings. The van der Waals surface area contributed by atoms with Crippen LogP contribution in [0.1, 0.15) is 56.3 Å². The van der Waals surface area contributed by atoms with Gasteiger partial charge in [-0.2, -0.15) is 5.26 Å². The van der Waals surface area contributed by atoms with Gasteiger partial charge >= 0.3 is 0 Å². The fraction of sp³-hybridized carbons (Fsp3) is 0.550. The summed E-state index contributed by atoms with van der Waals surface area (Å²) in [6.45, 7) is 3.26. The van der Waals surface area contributed by atoms with E-state index in [9.17, 15) is 0 Å². The second kappa shape index (κ2) is 9.23. The number of ether oxygens (including phenoxy) is 1. The number of nitrogens with one attached hydrogen (secondary N) is 1. The molecular formula is C20H26N2O. The van der Waals surface area contributed by atoms with Gasteiger partial charge in [0.05, 0.1) is 17.7 Å². The Bertz CT molecular complexity index is 572. The average molecular weight is 310 g/mol. The lowest BCUT2D eigenvalue weighted by Crippen LogP contribution is -2.12. The zero-order chi connectivity index (χ0) is 16.5. The van der Waals surface area contributed by atoms with Crippen molar-refractivity contribution in [1.29, 1.82) is 5.26 Å². The molecule has 0 heterocycles. The first kappa shape index (κ1) is 17.4. The molecule has 1 saturated carbocycles. The van der Waals surface area contributed by atoms with E-state index in [-0.39, 0.29) is 6.10 Å². The lowest BCUT2D eigenvalue weighted by molar-refractivity contribution is 0.0540. The van der Waals surface area contributed by atoms with Crippen molar-refractivity contribution in [2.45, 2.75) is 45.1 Å². The van der Waals surface area contributed by atoms with E-state index >= 15 is 0 Å². The van der Waals surface area contributed by atoms with Crippen molar-refractivity contribution in [3.8, 4) is 18.0 Å². The molecule has 0 bridgehead atoms. The third kappa shape index (κ3) is 5.97. The van der Waals surface area contributed by atoms with Crippen molar-refractivity contribution in [2.75, 3.05) is 13.7 Å². The third-order valence-corrected chi connectivity index (χ3v) is 4.36. The third-order valence-electron chi connectivity index (χ3n) is 4.36. The van der Waals surface area contributed by atoms with Gasteiger partial charge in [0.1, 0.15) is 0 Å². The summed E-state index contributed by atoms with van der Waals surface area (Å²) in [6, 6.07) is 12.9. The van der Waals surface area contributed by atoms with Gasteiger partial charge in [0.15, 0.2) is 0 Å². The van der Waals surface area contributed by atoms with Crippen molar-refractivity contribution in [1.82, 2.24) is 5.32 Å². The van der Waals surface area contributed by atoms with Gasteiger partial charge in [-0.15, -0.1) is 0 Å². The Morgan fingerprint density at radius 3 is 2.65 bits per heavy atom. The van der Waals surface area contributed by atoms with Crippen LogP contribution in [0, 0.1) is 35.1 Å². The van der Waals surface area contributed by atoms with Crippen LogP contribution in [-0.2, 0) is 4.74 Å². The topological polar surface area (TPSA) is 45.0 Å². The van der Waals surface area contributed by atoms with E-state index in [4.69, 9.17) is 10.00 Å². The molecule has 3 nitrogen and oxygen atoms in total. The highest BCUT2D eigenvalue weighted by Crippen LogP contribution is 2.29. The van der Waals surface area contributed by atoms with Crippen LogP contribution in [0.3, 0.4) is 0 Å². The maximum Gasteiger partial charge on any atom is 0.0991 e. The summed E-state index contributed by atoms with van der Waals surface area (Å²) in [5, 5.41) is 12.1. The highest BCUT2D eigenvalue weighted by molar-refractivity contribution is 5.32. The first-order valence-corrected chi connectivity index (χ1v) is 8.48. The minimum Gasteiger partial charge on any atom is -0.376 e. The molecular weight excluding hydrogens is 284 g/mol. The zero-order valence-electron chi connectivity index (χ0n) is 14.1. The standard InChI is InChI=1S/C20H26N2O/c1-16(6-4-3-5-13-22-15-18-7-8-18)20(23-2)19-11-9-17(14-21)10-12-19/h9-12,16,18,20,22H,3-4,6-8,15H2,1-2H3. The molecule has 0 radical (unpaired) electrons. The van der Waals surface area contributed by atoms with Gasteiger partial charge in [-0.05, 0) is 55.2 Å². The van der Waals surface area contributed by atoms with E-state index in [1.165, 1.54) is 12.8 Å². The lowest BCUT2D eigenvalue weighted by Gasteiger charge is -2.23. The van der Waals surface area contributed by atoms with Crippen LogP contribution in [0.25, 0.3) is 0 Å². The predicted molar refractivity (Wildman–Crippen MR) is 92.4 cm³/mol. The van der Waals surface area contributed by atoms with Gasteiger partial charge < -0.3 is 10.1 Å². The molecule has 1 aliphatic rings. The maximum atomic E-state index is 8.87. The normalized spacial score (nSPS) is 15.9. The second-order valence-electron chi connectivity index (χ2n) is 6.39. The first-order valence-electron chi connectivity index (χ1n) is 8.48. The Labute approximate surface area is 140 Å². The highest BCUT2D eigenvalue weighted by Gasteiger charge is 2.20. The minimum atomic E-state index is 0.0729.